The van der Waals surface area contributed by atoms with E-state index in [0.29, 0.717) is 26.2 Å². The van der Waals surface area contributed by atoms with Crippen LogP contribution in [0.15, 0.2) is 23.7 Å². The van der Waals surface area contributed by atoms with Crippen LogP contribution < -0.4 is 10.2 Å². The lowest BCUT2D eigenvalue weighted by atomic mass is 10.3. The van der Waals surface area contributed by atoms with E-state index in [-0.39, 0.29) is 5.69 Å². The Morgan fingerprint density at radius 1 is 1.13 bits per heavy atom. The van der Waals surface area contributed by atoms with Crippen molar-refractivity contribution in [3.63, 3.8) is 0 Å². The van der Waals surface area contributed by atoms with Crippen LogP contribution in [0.1, 0.15) is 0 Å². The standard InChI is InChI=1S/C14H13F3N4OS/c15-9-1-2-10(12(17)11(9)16)19-13(22)20-4-6-21(7-5-20)14-18-3-8-23-14/h1-3,8H,4-7H2,(H,19,22). The van der Waals surface area contributed by atoms with Crippen LogP contribution in [0.5, 0.6) is 0 Å². The summed E-state index contributed by atoms with van der Waals surface area (Å²) in [4.78, 5) is 19.9. The first-order valence-electron chi connectivity index (χ1n) is 6.90. The van der Waals surface area contributed by atoms with E-state index < -0.39 is 23.5 Å². The molecule has 1 aliphatic rings. The lowest BCUT2D eigenvalue weighted by molar-refractivity contribution is 0.208. The molecule has 0 aliphatic carbocycles. The summed E-state index contributed by atoms with van der Waals surface area (Å²) in [6.45, 7) is 2.05. The van der Waals surface area contributed by atoms with Crippen LogP contribution in [-0.4, -0.2) is 42.1 Å². The van der Waals surface area contributed by atoms with Crippen LogP contribution in [0, 0.1) is 17.5 Å². The second kappa shape index (κ2) is 6.45. The quantitative estimate of drug-likeness (QED) is 0.854. The van der Waals surface area contributed by atoms with Crippen LogP contribution in [0.3, 0.4) is 0 Å². The van der Waals surface area contributed by atoms with Gasteiger partial charge in [0, 0.05) is 37.8 Å². The van der Waals surface area contributed by atoms with E-state index in [1.165, 1.54) is 16.2 Å². The molecule has 5 nitrogen and oxygen atoms in total. The Bertz CT molecular complexity index is 702. The number of nitrogens with one attached hydrogen (secondary N) is 1. The molecule has 1 aliphatic heterocycles. The van der Waals surface area contributed by atoms with Gasteiger partial charge in [0.2, 0.25) is 0 Å². The van der Waals surface area contributed by atoms with E-state index >= 15 is 0 Å². The van der Waals surface area contributed by atoms with Crippen molar-refractivity contribution in [3.8, 4) is 0 Å². The van der Waals surface area contributed by atoms with Gasteiger partial charge in [-0.15, -0.1) is 11.3 Å². The number of benzene rings is 1. The second-order valence-electron chi connectivity index (χ2n) is 4.94. The molecule has 0 radical (unpaired) electrons. The Morgan fingerprint density at radius 3 is 2.52 bits per heavy atom. The van der Waals surface area contributed by atoms with Crippen LogP contribution in [0.4, 0.5) is 28.8 Å². The van der Waals surface area contributed by atoms with Gasteiger partial charge in [-0.2, -0.15) is 0 Å². The Balaban J connectivity index is 1.61. The first-order valence-corrected chi connectivity index (χ1v) is 7.78. The summed E-state index contributed by atoms with van der Waals surface area (Å²) < 4.78 is 39.6. The van der Waals surface area contributed by atoms with Crippen LogP contribution in [0.2, 0.25) is 0 Å². The van der Waals surface area contributed by atoms with E-state index in [9.17, 15) is 18.0 Å². The number of aromatic nitrogens is 1. The average Bonchev–Trinajstić information content (AvgIpc) is 3.10. The highest BCUT2D eigenvalue weighted by Gasteiger charge is 2.23. The fraction of sp³-hybridized carbons (Fsp3) is 0.286. The summed E-state index contributed by atoms with van der Waals surface area (Å²) in [6, 6.07) is 1.22. The van der Waals surface area contributed by atoms with Crippen molar-refractivity contribution in [1.82, 2.24) is 9.88 Å². The average molecular weight is 342 g/mol. The number of anilines is 2. The molecule has 122 valence electrons. The highest BCUT2D eigenvalue weighted by Crippen LogP contribution is 2.21. The maximum absolute atomic E-state index is 13.6. The normalized spacial score (nSPS) is 14.9. The van der Waals surface area contributed by atoms with Gasteiger partial charge in [-0.25, -0.2) is 22.9 Å². The number of hydrogen-bond acceptors (Lipinski definition) is 4. The Morgan fingerprint density at radius 2 is 1.87 bits per heavy atom. The number of rotatable bonds is 2. The summed E-state index contributed by atoms with van der Waals surface area (Å²) in [6.07, 6.45) is 1.71. The van der Waals surface area contributed by atoms with Crippen LogP contribution in [0.25, 0.3) is 0 Å². The maximum atomic E-state index is 13.6. The monoisotopic (exact) mass is 342 g/mol. The molecule has 23 heavy (non-hydrogen) atoms. The minimum Gasteiger partial charge on any atom is -0.345 e. The van der Waals surface area contributed by atoms with E-state index in [0.717, 1.165) is 17.3 Å². The van der Waals surface area contributed by atoms with Gasteiger partial charge >= 0.3 is 6.03 Å². The number of halogens is 3. The molecule has 9 heteroatoms. The zero-order valence-electron chi connectivity index (χ0n) is 11.9. The molecular weight excluding hydrogens is 329 g/mol. The van der Waals surface area contributed by atoms with Gasteiger partial charge in [-0.05, 0) is 12.1 Å². The number of nitrogens with zero attached hydrogens (tertiary/aromatic N) is 3. The summed E-state index contributed by atoms with van der Waals surface area (Å²) in [5.41, 5.74) is -0.378. The van der Waals surface area contributed by atoms with Crippen molar-refractivity contribution in [2.75, 3.05) is 36.4 Å². The maximum Gasteiger partial charge on any atom is 0.322 e. The fourth-order valence-corrected chi connectivity index (χ4v) is 2.99. The third-order valence-corrected chi connectivity index (χ3v) is 4.37. The summed E-state index contributed by atoms with van der Waals surface area (Å²) in [5.74, 6) is -4.30. The molecule has 1 N–H and O–H groups in total. The van der Waals surface area contributed by atoms with Crippen molar-refractivity contribution < 1.29 is 18.0 Å². The first-order chi connectivity index (χ1) is 11.1. The minimum atomic E-state index is -1.60. The summed E-state index contributed by atoms with van der Waals surface area (Å²) in [5, 5.41) is 5.03. The molecular formula is C14H13F3N4OS. The molecule has 1 saturated heterocycles. The third kappa shape index (κ3) is 3.24. The molecule has 1 aromatic carbocycles. The molecule has 0 unspecified atom stereocenters. The molecule has 0 bridgehead atoms. The molecule has 1 fully saturated rings. The van der Waals surface area contributed by atoms with Crippen molar-refractivity contribution in [3.05, 3.63) is 41.2 Å². The lowest BCUT2D eigenvalue weighted by Crippen LogP contribution is -2.50. The fourth-order valence-electron chi connectivity index (χ4n) is 2.29. The predicted octanol–water partition coefficient (Wildman–Crippen LogP) is 2.91. The molecule has 0 saturated carbocycles. The molecule has 1 aromatic heterocycles. The highest BCUT2D eigenvalue weighted by molar-refractivity contribution is 7.13. The van der Waals surface area contributed by atoms with Gasteiger partial charge in [0.05, 0.1) is 5.69 Å². The van der Waals surface area contributed by atoms with Crippen molar-refractivity contribution >= 4 is 28.2 Å². The van der Waals surface area contributed by atoms with Crippen molar-refractivity contribution in [1.29, 1.82) is 0 Å². The van der Waals surface area contributed by atoms with Crippen molar-refractivity contribution in [2.45, 2.75) is 0 Å². The van der Waals surface area contributed by atoms with Gasteiger partial charge < -0.3 is 15.1 Å². The largest absolute Gasteiger partial charge is 0.345 e. The predicted molar refractivity (Wildman–Crippen MR) is 81.2 cm³/mol. The Kier molecular flexibility index (Phi) is 4.37. The number of thiazole rings is 1. The topological polar surface area (TPSA) is 48.5 Å². The number of amides is 2. The Labute approximate surface area is 134 Å². The highest BCUT2D eigenvalue weighted by atomic mass is 32.1. The molecule has 2 heterocycles. The molecule has 3 rings (SSSR count). The number of piperazine rings is 1. The first kappa shape index (κ1) is 15.6. The van der Waals surface area contributed by atoms with E-state index in [2.05, 4.69) is 10.3 Å². The van der Waals surface area contributed by atoms with Gasteiger partial charge in [0.15, 0.2) is 22.6 Å². The zero-order chi connectivity index (χ0) is 16.4. The van der Waals surface area contributed by atoms with Gasteiger partial charge in [-0.1, -0.05) is 0 Å². The molecule has 0 spiro atoms. The molecule has 0 atom stereocenters. The van der Waals surface area contributed by atoms with Gasteiger partial charge in [0.25, 0.3) is 0 Å². The van der Waals surface area contributed by atoms with Gasteiger partial charge in [0.1, 0.15) is 0 Å². The second-order valence-corrected chi connectivity index (χ2v) is 5.81. The number of carbonyl (C=O) groups is 1. The molecule has 2 amide bonds. The smallest absolute Gasteiger partial charge is 0.322 e. The summed E-state index contributed by atoms with van der Waals surface area (Å²) >= 11 is 1.52. The SMILES string of the molecule is O=C(Nc1ccc(F)c(F)c1F)N1CCN(c2nccs2)CC1. The van der Waals surface area contributed by atoms with Crippen molar-refractivity contribution in [2.24, 2.45) is 0 Å². The van der Waals surface area contributed by atoms with E-state index in [4.69, 9.17) is 0 Å². The molecule has 2 aromatic rings. The number of urea groups is 1. The van der Waals surface area contributed by atoms with Crippen LogP contribution >= 0.6 is 11.3 Å². The third-order valence-electron chi connectivity index (χ3n) is 3.53. The van der Waals surface area contributed by atoms with Crippen LogP contribution in [-0.2, 0) is 0 Å². The lowest BCUT2D eigenvalue weighted by Gasteiger charge is -2.34. The minimum absolute atomic E-state index is 0.378. The number of hydrogen-bond donors (Lipinski definition) is 1. The number of carbonyl (C=O) groups excluding carboxylic acids is 1. The van der Waals surface area contributed by atoms with E-state index in [1.54, 1.807) is 6.20 Å². The zero-order valence-corrected chi connectivity index (χ0v) is 12.7. The van der Waals surface area contributed by atoms with Gasteiger partial charge in [-0.3, -0.25) is 0 Å². The Hall–Kier alpha value is -2.29. The van der Waals surface area contributed by atoms with E-state index in [1.807, 2.05) is 10.3 Å². The summed E-state index contributed by atoms with van der Waals surface area (Å²) in [7, 11) is 0.